The smallest absolute Gasteiger partial charge is 0.257 e. The Labute approximate surface area is 154 Å². The number of nitrogens with one attached hydrogen (secondary N) is 1. The fourth-order valence-corrected chi connectivity index (χ4v) is 3.72. The number of anilines is 2. The molecular weight excluding hydrogens is 348 g/mol. The molecule has 1 aliphatic rings. The fourth-order valence-electron chi connectivity index (χ4n) is 3.00. The largest absolute Gasteiger partial charge is 0.312 e. The second-order valence-corrected chi connectivity index (χ2v) is 6.85. The number of benzene rings is 1. The van der Waals surface area contributed by atoms with Crippen molar-refractivity contribution in [1.82, 2.24) is 9.97 Å². The minimum atomic E-state index is -0.218. The Morgan fingerprint density at radius 1 is 1.19 bits per heavy atom. The summed E-state index contributed by atoms with van der Waals surface area (Å²) in [6, 6.07) is 9.35. The number of carbonyl (C=O) groups excluding carboxylic acids is 2. The van der Waals surface area contributed by atoms with Crippen molar-refractivity contribution >= 4 is 34.0 Å². The zero-order valence-corrected chi connectivity index (χ0v) is 14.9. The van der Waals surface area contributed by atoms with Crippen LogP contribution in [0.1, 0.15) is 22.8 Å². The van der Waals surface area contributed by atoms with Gasteiger partial charge in [0.15, 0.2) is 5.13 Å². The van der Waals surface area contributed by atoms with Crippen molar-refractivity contribution in [1.29, 1.82) is 0 Å². The number of rotatable bonds is 3. The predicted octanol–water partition coefficient (Wildman–Crippen LogP) is 3.37. The SMILES string of the molecule is CC(=O)N1CCc2ccc(-c3csc(NC(=O)c4ccncc4)n3)cc21. The van der Waals surface area contributed by atoms with Crippen molar-refractivity contribution in [3.8, 4) is 11.3 Å². The molecule has 1 N–H and O–H groups in total. The van der Waals surface area contributed by atoms with Gasteiger partial charge in [0, 0.05) is 48.1 Å². The molecule has 2 amide bonds. The topological polar surface area (TPSA) is 75.2 Å². The summed E-state index contributed by atoms with van der Waals surface area (Å²) in [4.78, 5) is 34.2. The van der Waals surface area contributed by atoms with Gasteiger partial charge < -0.3 is 4.90 Å². The van der Waals surface area contributed by atoms with E-state index in [1.54, 1.807) is 36.4 Å². The molecule has 0 spiro atoms. The third kappa shape index (κ3) is 3.09. The van der Waals surface area contributed by atoms with Crippen molar-refractivity contribution in [2.45, 2.75) is 13.3 Å². The molecule has 0 saturated heterocycles. The van der Waals surface area contributed by atoms with E-state index >= 15 is 0 Å². The Balaban J connectivity index is 1.56. The first-order valence-electron chi connectivity index (χ1n) is 8.20. The van der Waals surface area contributed by atoms with Crippen molar-refractivity contribution in [3.63, 3.8) is 0 Å². The normalized spacial score (nSPS) is 12.7. The highest BCUT2D eigenvalue weighted by Crippen LogP contribution is 2.34. The monoisotopic (exact) mass is 364 g/mol. The number of amides is 2. The van der Waals surface area contributed by atoms with Crippen LogP contribution in [-0.4, -0.2) is 28.3 Å². The maximum absolute atomic E-state index is 12.2. The van der Waals surface area contributed by atoms with Crippen LogP contribution in [0.4, 0.5) is 10.8 Å². The Kier molecular flexibility index (Phi) is 4.22. The molecule has 0 atom stereocenters. The standard InChI is InChI=1S/C19H16N4O2S/c1-12(24)23-9-6-13-2-3-15(10-17(13)23)16-11-26-19(21-16)22-18(25)14-4-7-20-8-5-14/h2-5,7-8,10-11H,6,9H2,1H3,(H,21,22,25). The molecular formula is C19H16N4O2S. The van der Waals surface area contributed by atoms with E-state index in [4.69, 9.17) is 0 Å². The Hall–Kier alpha value is -3.06. The molecule has 0 aliphatic carbocycles. The zero-order chi connectivity index (χ0) is 18.1. The van der Waals surface area contributed by atoms with Crippen LogP contribution in [0.25, 0.3) is 11.3 Å². The molecule has 7 heteroatoms. The van der Waals surface area contributed by atoms with Crippen LogP contribution in [0.3, 0.4) is 0 Å². The Morgan fingerprint density at radius 3 is 2.77 bits per heavy atom. The van der Waals surface area contributed by atoms with Crippen LogP contribution in [0, 0.1) is 0 Å². The summed E-state index contributed by atoms with van der Waals surface area (Å²) in [5.74, 6) is -0.172. The van der Waals surface area contributed by atoms with Gasteiger partial charge in [-0.05, 0) is 30.2 Å². The van der Waals surface area contributed by atoms with Crippen LogP contribution < -0.4 is 10.2 Å². The van der Waals surface area contributed by atoms with Gasteiger partial charge >= 0.3 is 0 Å². The van der Waals surface area contributed by atoms with Gasteiger partial charge in [0.2, 0.25) is 5.91 Å². The van der Waals surface area contributed by atoms with Gasteiger partial charge in [-0.1, -0.05) is 12.1 Å². The van der Waals surface area contributed by atoms with Gasteiger partial charge in [0.25, 0.3) is 5.91 Å². The van der Waals surface area contributed by atoms with E-state index in [1.165, 1.54) is 16.9 Å². The van der Waals surface area contributed by atoms with Gasteiger partial charge in [0.05, 0.1) is 5.69 Å². The average Bonchev–Trinajstić information content (AvgIpc) is 3.28. The van der Waals surface area contributed by atoms with Gasteiger partial charge in [-0.2, -0.15) is 0 Å². The Morgan fingerprint density at radius 2 is 2.00 bits per heavy atom. The fraction of sp³-hybridized carbons (Fsp3) is 0.158. The lowest BCUT2D eigenvalue weighted by atomic mass is 10.1. The van der Waals surface area contributed by atoms with E-state index in [2.05, 4.69) is 15.3 Å². The molecule has 0 radical (unpaired) electrons. The number of hydrogen-bond donors (Lipinski definition) is 1. The van der Waals surface area contributed by atoms with Gasteiger partial charge in [0.1, 0.15) is 0 Å². The molecule has 26 heavy (non-hydrogen) atoms. The molecule has 4 rings (SSSR count). The summed E-state index contributed by atoms with van der Waals surface area (Å²) in [7, 11) is 0. The minimum Gasteiger partial charge on any atom is -0.312 e. The summed E-state index contributed by atoms with van der Waals surface area (Å²) < 4.78 is 0. The molecule has 0 saturated carbocycles. The number of fused-ring (bicyclic) bond motifs is 1. The maximum Gasteiger partial charge on any atom is 0.257 e. The van der Waals surface area contributed by atoms with E-state index < -0.39 is 0 Å². The highest BCUT2D eigenvalue weighted by atomic mass is 32.1. The maximum atomic E-state index is 12.2. The third-order valence-corrected chi connectivity index (χ3v) is 5.08. The second kappa shape index (κ2) is 6.68. The molecule has 0 unspecified atom stereocenters. The molecule has 0 bridgehead atoms. The number of thiazole rings is 1. The molecule has 6 nitrogen and oxygen atoms in total. The van der Waals surface area contributed by atoms with Gasteiger partial charge in [-0.25, -0.2) is 4.98 Å². The minimum absolute atomic E-state index is 0.0458. The highest BCUT2D eigenvalue weighted by molar-refractivity contribution is 7.14. The lowest BCUT2D eigenvalue weighted by molar-refractivity contribution is -0.116. The summed E-state index contributed by atoms with van der Waals surface area (Å²) in [6.45, 7) is 2.30. The number of nitrogens with zero attached hydrogens (tertiary/aromatic N) is 3. The van der Waals surface area contributed by atoms with Gasteiger partial charge in [-0.15, -0.1) is 11.3 Å². The van der Waals surface area contributed by atoms with E-state index in [1.807, 2.05) is 23.6 Å². The molecule has 2 aromatic heterocycles. The molecule has 3 heterocycles. The van der Waals surface area contributed by atoms with E-state index in [0.717, 1.165) is 29.9 Å². The summed E-state index contributed by atoms with van der Waals surface area (Å²) in [6.07, 6.45) is 4.03. The summed E-state index contributed by atoms with van der Waals surface area (Å²) in [5, 5.41) is 5.24. The predicted molar refractivity (Wildman–Crippen MR) is 101 cm³/mol. The average molecular weight is 364 g/mol. The number of hydrogen-bond acceptors (Lipinski definition) is 5. The first kappa shape index (κ1) is 16.4. The van der Waals surface area contributed by atoms with Crippen LogP contribution in [0.15, 0.2) is 48.1 Å². The quantitative estimate of drug-likeness (QED) is 0.773. The summed E-state index contributed by atoms with van der Waals surface area (Å²) in [5.41, 5.74) is 4.36. The lowest BCUT2D eigenvalue weighted by Gasteiger charge is -2.15. The molecule has 3 aromatic rings. The van der Waals surface area contributed by atoms with Crippen LogP contribution in [0.2, 0.25) is 0 Å². The number of pyridine rings is 1. The van der Waals surface area contributed by atoms with Crippen molar-refractivity contribution in [3.05, 3.63) is 59.2 Å². The van der Waals surface area contributed by atoms with Crippen LogP contribution in [-0.2, 0) is 11.2 Å². The molecule has 1 aliphatic heterocycles. The molecule has 130 valence electrons. The first-order valence-corrected chi connectivity index (χ1v) is 9.08. The van der Waals surface area contributed by atoms with Gasteiger partial charge in [-0.3, -0.25) is 19.9 Å². The van der Waals surface area contributed by atoms with E-state index in [9.17, 15) is 9.59 Å². The van der Waals surface area contributed by atoms with E-state index in [0.29, 0.717) is 10.7 Å². The molecule has 0 fully saturated rings. The van der Waals surface area contributed by atoms with Crippen LogP contribution in [0.5, 0.6) is 0 Å². The van der Waals surface area contributed by atoms with E-state index in [-0.39, 0.29) is 11.8 Å². The van der Waals surface area contributed by atoms with Crippen molar-refractivity contribution in [2.75, 3.05) is 16.8 Å². The summed E-state index contributed by atoms with van der Waals surface area (Å²) >= 11 is 1.37. The Bertz CT molecular complexity index is 984. The highest BCUT2D eigenvalue weighted by Gasteiger charge is 2.22. The second-order valence-electron chi connectivity index (χ2n) is 5.99. The zero-order valence-electron chi connectivity index (χ0n) is 14.1. The van der Waals surface area contributed by atoms with Crippen molar-refractivity contribution < 1.29 is 9.59 Å². The van der Waals surface area contributed by atoms with Crippen molar-refractivity contribution in [2.24, 2.45) is 0 Å². The molecule has 1 aromatic carbocycles. The third-order valence-electron chi connectivity index (χ3n) is 4.32. The lowest BCUT2D eigenvalue weighted by Crippen LogP contribution is -2.25. The number of aromatic nitrogens is 2. The van der Waals surface area contributed by atoms with Crippen LogP contribution >= 0.6 is 11.3 Å². The number of carbonyl (C=O) groups is 2. The first-order chi connectivity index (χ1) is 12.6.